The highest BCUT2D eigenvalue weighted by Crippen LogP contribution is 2.47. The Morgan fingerprint density at radius 3 is 2.31 bits per heavy atom. The van der Waals surface area contributed by atoms with Crippen molar-refractivity contribution in [1.82, 2.24) is 14.7 Å². The second-order valence-electron chi connectivity index (χ2n) is 9.29. The smallest absolute Gasteiger partial charge is 0.234 e. The number of likely N-dealkylation sites (tertiary alicyclic amines) is 2. The SMILES string of the molecule is CCN(CC1CCN(C2CCN(C)CC2)CC1)C(=O)C1C(C)=C1c1ccccc1. The molecule has 4 nitrogen and oxygen atoms in total. The van der Waals surface area contributed by atoms with Crippen LogP contribution in [-0.4, -0.2) is 73.0 Å². The molecule has 158 valence electrons. The maximum atomic E-state index is 13.2. The Hall–Kier alpha value is -1.65. The predicted molar refractivity (Wildman–Crippen MR) is 120 cm³/mol. The molecule has 0 bridgehead atoms. The number of rotatable bonds is 6. The van der Waals surface area contributed by atoms with Crippen molar-refractivity contribution >= 4 is 11.5 Å². The summed E-state index contributed by atoms with van der Waals surface area (Å²) in [5.74, 6) is 0.999. The highest BCUT2D eigenvalue weighted by atomic mass is 16.2. The fourth-order valence-electron chi connectivity index (χ4n) is 5.38. The molecular weight excluding hydrogens is 358 g/mol. The first-order valence-electron chi connectivity index (χ1n) is 11.6. The molecule has 1 atom stereocenters. The molecule has 0 saturated carbocycles. The maximum absolute atomic E-state index is 13.2. The van der Waals surface area contributed by atoms with E-state index in [2.05, 4.69) is 59.9 Å². The van der Waals surface area contributed by atoms with Crippen LogP contribution < -0.4 is 0 Å². The zero-order valence-electron chi connectivity index (χ0n) is 18.4. The standard InChI is InChI=1S/C25H37N3O/c1-4-27(25(29)24-19(2)23(24)21-8-6-5-7-9-21)18-20-10-16-28(17-11-20)22-12-14-26(3)15-13-22/h5-9,20,22,24H,4,10-18H2,1-3H3. The van der Waals surface area contributed by atoms with Crippen LogP contribution in [-0.2, 0) is 4.79 Å². The topological polar surface area (TPSA) is 26.8 Å². The van der Waals surface area contributed by atoms with E-state index in [4.69, 9.17) is 0 Å². The number of benzene rings is 1. The van der Waals surface area contributed by atoms with Gasteiger partial charge < -0.3 is 14.7 Å². The van der Waals surface area contributed by atoms with Gasteiger partial charge in [0.25, 0.3) is 0 Å². The largest absolute Gasteiger partial charge is 0.342 e. The highest BCUT2D eigenvalue weighted by molar-refractivity contribution is 6.05. The van der Waals surface area contributed by atoms with Gasteiger partial charge in [0.15, 0.2) is 0 Å². The molecule has 2 aliphatic heterocycles. The third-order valence-electron chi connectivity index (χ3n) is 7.42. The Kier molecular flexibility index (Phi) is 6.41. The molecule has 29 heavy (non-hydrogen) atoms. The fourth-order valence-corrected chi connectivity index (χ4v) is 5.38. The number of carbonyl (C=O) groups is 1. The molecule has 1 aromatic carbocycles. The lowest BCUT2D eigenvalue weighted by Crippen LogP contribution is -2.48. The van der Waals surface area contributed by atoms with Crippen LogP contribution in [0.1, 0.15) is 45.1 Å². The van der Waals surface area contributed by atoms with Crippen LogP contribution in [0.3, 0.4) is 0 Å². The Balaban J connectivity index is 1.27. The van der Waals surface area contributed by atoms with Crippen molar-refractivity contribution < 1.29 is 4.79 Å². The van der Waals surface area contributed by atoms with E-state index in [1.165, 1.54) is 68.6 Å². The molecular formula is C25H37N3O. The van der Waals surface area contributed by atoms with Gasteiger partial charge in [0, 0.05) is 19.1 Å². The number of hydrogen-bond acceptors (Lipinski definition) is 3. The summed E-state index contributed by atoms with van der Waals surface area (Å²) < 4.78 is 0. The molecule has 3 aliphatic rings. The Morgan fingerprint density at radius 2 is 1.69 bits per heavy atom. The fraction of sp³-hybridized carbons (Fsp3) is 0.640. The van der Waals surface area contributed by atoms with Crippen molar-refractivity contribution in [1.29, 1.82) is 0 Å². The molecule has 4 rings (SSSR count). The summed E-state index contributed by atoms with van der Waals surface area (Å²) in [7, 11) is 2.23. The number of hydrogen-bond donors (Lipinski definition) is 0. The molecule has 0 N–H and O–H groups in total. The van der Waals surface area contributed by atoms with Crippen molar-refractivity contribution in [3.8, 4) is 0 Å². The molecule has 2 saturated heterocycles. The lowest BCUT2D eigenvalue weighted by atomic mass is 9.93. The van der Waals surface area contributed by atoms with Crippen LogP contribution in [0.2, 0.25) is 0 Å². The number of nitrogens with zero attached hydrogens (tertiary/aromatic N) is 3. The first-order chi connectivity index (χ1) is 14.1. The number of carbonyl (C=O) groups excluding carboxylic acids is 1. The van der Waals surface area contributed by atoms with E-state index < -0.39 is 0 Å². The Bertz CT molecular complexity index is 728. The van der Waals surface area contributed by atoms with Gasteiger partial charge in [0.2, 0.25) is 5.91 Å². The van der Waals surface area contributed by atoms with Gasteiger partial charge in [-0.2, -0.15) is 0 Å². The Morgan fingerprint density at radius 1 is 1.03 bits per heavy atom. The van der Waals surface area contributed by atoms with Gasteiger partial charge in [-0.3, -0.25) is 4.79 Å². The molecule has 0 spiro atoms. The Labute approximate surface area is 176 Å². The molecule has 1 aromatic rings. The normalized spacial score (nSPS) is 24.7. The summed E-state index contributed by atoms with van der Waals surface area (Å²) in [5, 5.41) is 0. The van der Waals surface area contributed by atoms with Gasteiger partial charge >= 0.3 is 0 Å². The van der Waals surface area contributed by atoms with E-state index in [-0.39, 0.29) is 5.92 Å². The van der Waals surface area contributed by atoms with Crippen molar-refractivity contribution in [2.45, 2.75) is 45.6 Å². The number of amides is 1. The lowest BCUT2D eigenvalue weighted by Gasteiger charge is -2.41. The van der Waals surface area contributed by atoms with Gasteiger partial charge in [0.05, 0.1) is 5.92 Å². The second-order valence-corrected chi connectivity index (χ2v) is 9.29. The lowest BCUT2D eigenvalue weighted by molar-refractivity contribution is -0.132. The minimum Gasteiger partial charge on any atom is -0.342 e. The molecule has 2 heterocycles. The van der Waals surface area contributed by atoms with E-state index in [9.17, 15) is 4.79 Å². The summed E-state index contributed by atoms with van der Waals surface area (Å²) in [6.07, 6.45) is 5.10. The first kappa shape index (κ1) is 20.6. The van der Waals surface area contributed by atoms with Crippen molar-refractivity contribution in [3.63, 3.8) is 0 Å². The van der Waals surface area contributed by atoms with Crippen LogP contribution in [0.4, 0.5) is 0 Å². The summed E-state index contributed by atoms with van der Waals surface area (Å²) in [6, 6.07) is 11.2. The maximum Gasteiger partial charge on any atom is 0.234 e. The monoisotopic (exact) mass is 395 g/mol. The average Bonchev–Trinajstić information content (AvgIpc) is 3.44. The quantitative estimate of drug-likeness (QED) is 0.734. The van der Waals surface area contributed by atoms with Crippen LogP contribution in [0.25, 0.3) is 5.57 Å². The van der Waals surface area contributed by atoms with Crippen LogP contribution in [0, 0.1) is 11.8 Å². The van der Waals surface area contributed by atoms with Gasteiger partial charge in [0.1, 0.15) is 0 Å². The molecule has 1 unspecified atom stereocenters. The van der Waals surface area contributed by atoms with Gasteiger partial charge in [-0.1, -0.05) is 35.9 Å². The van der Waals surface area contributed by atoms with Gasteiger partial charge in [-0.05, 0) is 89.8 Å². The van der Waals surface area contributed by atoms with E-state index >= 15 is 0 Å². The highest BCUT2D eigenvalue weighted by Gasteiger charge is 2.42. The van der Waals surface area contributed by atoms with E-state index in [0.717, 1.165) is 19.1 Å². The zero-order valence-corrected chi connectivity index (χ0v) is 18.4. The first-order valence-corrected chi connectivity index (χ1v) is 11.6. The summed E-state index contributed by atoms with van der Waals surface area (Å²) in [6.45, 7) is 10.9. The molecule has 0 aromatic heterocycles. The van der Waals surface area contributed by atoms with Gasteiger partial charge in [-0.15, -0.1) is 0 Å². The van der Waals surface area contributed by atoms with E-state index in [0.29, 0.717) is 11.8 Å². The van der Waals surface area contributed by atoms with Crippen molar-refractivity contribution in [2.75, 3.05) is 46.3 Å². The van der Waals surface area contributed by atoms with E-state index in [1.807, 2.05) is 6.07 Å². The van der Waals surface area contributed by atoms with E-state index in [1.54, 1.807) is 0 Å². The molecule has 4 heteroatoms. The van der Waals surface area contributed by atoms with Crippen LogP contribution in [0.15, 0.2) is 35.9 Å². The van der Waals surface area contributed by atoms with Crippen LogP contribution in [0.5, 0.6) is 0 Å². The van der Waals surface area contributed by atoms with Gasteiger partial charge in [-0.25, -0.2) is 0 Å². The second kappa shape index (κ2) is 9.01. The minimum absolute atomic E-state index is 0.0247. The molecule has 1 aliphatic carbocycles. The van der Waals surface area contributed by atoms with Crippen molar-refractivity contribution in [3.05, 3.63) is 41.5 Å². The zero-order chi connectivity index (χ0) is 20.4. The minimum atomic E-state index is 0.0247. The molecule has 0 radical (unpaired) electrons. The summed E-state index contributed by atoms with van der Waals surface area (Å²) in [4.78, 5) is 20.5. The third kappa shape index (κ3) is 4.59. The number of piperidine rings is 2. The van der Waals surface area contributed by atoms with Crippen LogP contribution >= 0.6 is 0 Å². The predicted octanol–water partition coefficient (Wildman–Crippen LogP) is 3.74. The molecule has 1 amide bonds. The summed E-state index contributed by atoms with van der Waals surface area (Å²) in [5.41, 5.74) is 3.73. The molecule has 2 fully saturated rings. The van der Waals surface area contributed by atoms with Crippen molar-refractivity contribution in [2.24, 2.45) is 11.8 Å². The third-order valence-corrected chi connectivity index (χ3v) is 7.42. The average molecular weight is 396 g/mol. The summed E-state index contributed by atoms with van der Waals surface area (Å²) >= 11 is 0.